The lowest BCUT2D eigenvalue weighted by atomic mass is 10.2. The Kier molecular flexibility index (Phi) is 4.02. The first-order chi connectivity index (χ1) is 5.77. The molecule has 2 heteroatoms. The van der Waals surface area contributed by atoms with Gasteiger partial charge in [-0.15, -0.1) is 0 Å². The van der Waals surface area contributed by atoms with E-state index in [9.17, 15) is 0 Å². The molecule has 0 N–H and O–H groups in total. The summed E-state index contributed by atoms with van der Waals surface area (Å²) >= 11 is 0. The standard InChI is InChI=1S/C10H22N2/c1-4-10(3)12-8-6-11(5-2)7-9-12/h10H,4-9H2,1-3H3. The molecule has 0 aromatic heterocycles. The number of hydrogen-bond acceptors (Lipinski definition) is 2. The number of nitrogens with zero attached hydrogens (tertiary/aromatic N) is 2. The van der Waals surface area contributed by atoms with Crippen molar-refractivity contribution in [2.45, 2.75) is 33.2 Å². The van der Waals surface area contributed by atoms with Crippen molar-refractivity contribution in [3.05, 3.63) is 0 Å². The zero-order valence-electron chi connectivity index (χ0n) is 8.71. The highest BCUT2D eigenvalue weighted by Crippen LogP contribution is 2.07. The summed E-state index contributed by atoms with van der Waals surface area (Å²) in [5, 5.41) is 0. The van der Waals surface area contributed by atoms with Gasteiger partial charge < -0.3 is 4.90 Å². The smallest absolute Gasteiger partial charge is 0.0113 e. The molecule has 1 aliphatic heterocycles. The molecule has 0 bridgehead atoms. The largest absolute Gasteiger partial charge is 0.301 e. The first-order valence-electron chi connectivity index (χ1n) is 5.24. The Morgan fingerprint density at radius 1 is 1.08 bits per heavy atom. The van der Waals surface area contributed by atoms with Crippen molar-refractivity contribution in [2.75, 3.05) is 32.7 Å². The molecule has 1 fully saturated rings. The van der Waals surface area contributed by atoms with Crippen molar-refractivity contribution < 1.29 is 0 Å². The molecule has 0 spiro atoms. The van der Waals surface area contributed by atoms with Crippen LogP contribution in [0.25, 0.3) is 0 Å². The van der Waals surface area contributed by atoms with E-state index in [2.05, 4.69) is 30.6 Å². The van der Waals surface area contributed by atoms with Gasteiger partial charge in [0, 0.05) is 32.2 Å². The molecule has 1 aliphatic rings. The molecule has 0 radical (unpaired) electrons. The third kappa shape index (κ3) is 2.46. The summed E-state index contributed by atoms with van der Waals surface area (Å²) in [6.45, 7) is 13.1. The average Bonchev–Trinajstić information content (AvgIpc) is 2.17. The van der Waals surface area contributed by atoms with E-state index in [0.29, 0.717) is 0 Å². The quantitative estimate of drug-likeness (QED) is 0.632. The van der Waals surface area contributed by atoms with Gasteiger partial charge in [0.15, 0.2) is 0 Å². The molecule has 0 aromatic carbocycles. The van der Waals surface area contributed by atoms with E-state index in [-0.39, 0.29) is 0 Å². The molecule has 2 nitrogen and oxygen atoms in total. The predicted octanol–water partition coefficient (Wildman–Crippen LogP) is 1.42. The maximum Gasteiger partial charge on any atom is 0.0113 e. The van der Waals surface area contributed by atoms with E-state index in [1.807, 2.05) is 0 Å². The highest BCUT2D eigenvalue weighted by atomic mass is 15.3. The molecule has 1 heterocycles. The fraction of sp³-hybridized carbons (Fsp3) is 1.00. The van der Waals surface area contributed by atoms with Crippen LogP contribution in [-0.2, 0) is 0 Å². The van der Waals surface area contributed by atoms with Crippen molar-refractivity contribution in [2.24, 2.45) is 0 Å². The van der Waals surface area contributed by atoms with Crippen LogP contribution in [0, 0.1) is 0 Å². The van der Waals surface area contributed by atoms with Gasteiger partial charge in [0.1, 0.15) is 0 Å². The van der Waals surface area contributed by atoms with E-state index in [0.717, 1.165) is 6.04 Å². The third-order valence-corrected chi connectivity index (χ3v) is 3.07. The Labute approximate surface area is 76.5 Å². The molecule has 1 rings (SSSR count). The van der Waals surface area contributed by atoms with E-state index in [1.54, 1.807) is 0 Å². The summed E-state index contributed by atoms with van der Waals surface area (Å²) in [5.74, 6) is 0. The topological polar surface area (TPSA) is 6.48 Å². The first-order valence-corrected chi connectivity index (χ1v) is 5.24. The Morgan fingerprint density at radius 3 is 2.08 bits per heavy atom. The Hall–Kier alpha value is -0.0800. The van der Waals surface area contributed by atoms with Crippen LogP contribution in [0.2, 0.25) is 0 Å². The molecular weight excluding hydrogens is 148 g/mol. The molecule has 1 saturated heterocycles. The Morgan fingerprint density at radius 2 is 1.67 bits per heavy atom. The molecule has 0 aliphatic carbocycles. The monoisotopic (exact) mass is 170 g/mol. The fourth-order valence-electron chi connectivity index (χ4n) is 1.78. The van der Waals surface area contributed by atoms with E-state index >= 15 is 0 Å². The summed E-state index contributed by atoms with van der Waals surface area (Å²) < 4.78 is 0. The molecule has 1 unspecified atom stereocenters. The highest BCUT2D eigenvalue weighted by molar-refractivity contribution is 4.74. The molecule has 12 heavy (non-hydrogen) atoms. The first kappa shape index (κ1) is 10.0. The minimum Gasteiger partial charge on any atom is -0.301 e. The number of hydrogen-bond donors (Lipinski definition) is 0. The van der Waals surface area contributed by atoms with Gasteiger partial charge in [-0.05, 0) is 19.9 Å². The molecule has 0 saturated carbocycles. The van der Waals surface area contributed by atoms with Crippen LogP contribution in [-0.4, -0.2) is 48.6 Å². The van der Waals surface area contributed by atoms with E-state index in [1.165, 1.54) is 39.1 Å². The number of rotatable bonds is 3. The Bertz CT molecular complexity index is 117. The van der Waals surface area contributed by atoms with Crippen LogP contribution in [0.15, 0.2) is 0 Å². The van der Waals surface area contributed by atoms with Crippen molar-refractivity contribution in [1.82, 2.24) is 9.80 Å². The minimum atomic E-state index is 0.781. The summed E-state index contributed by atoms with van der Waals surface area (Å²) in [6, 6.07) is 0.781. The Balaban J connectivity index is 2.25. The van der Waals surface area contributed by atoms with Crippen molar-refractivity contribution >= 4 is 0 Å². The summed E-state index contributed by atoms with van der Waals surface area (Å²) in [6.07, 6.45) is 1.28. The molecule has 0 amide bonds. The molecule has 0 aromatic rings. The van der Waals surface area contributed by atoms with Crippen LogP contribution in [0.5, 0.6) is 0 Å². The normalized spacial score (nSPS) is 24.2. The second-order valence-corrected chi connectivity index (χ2v) is 3.73. The highest BCUT2D eigenvalue weighted by Gasteiger charge is 2.18. The van der Waals surface area contributed by atoms with Gasteiger partial charge in [0.25, 0.3) is 0 Å². The van der Waals surface area contributed by atoms with Gasteiger partial charge in [-0.25, -0.2) is 0 Å². The maximum absolute atomic E-state index is 2.60. The lowest BCUT2D eigenvalue weighted by molar-refractivity contribution is 0.104. The fourth-order valence-corrected chi connectivity index (χ4v) is 1.78. The number of piperazine rings is 1. The van der Waals surface area contributed by atoms with Crippen LogP contribution in [0.1, 0.15) is 27.2 Å². The lowest BCUT2D eigenvalue weighted by Crippen LogP contribution is -2.49. The minimum absolute atomic E-state index is 0.781. The van der Waals surface area contributed by atoms with Crippen LogP contribution < -0.4 is 0 Å². The van der Waals surface area contributed by atoms with Gasteiger partial charge >= 0.3 is 0 Å². The zero-order valence-corrected chi connectivity index (χ0v) is 8.71. The van der Waals surface area contributed by atoms with E-state index in [4.69, 9.17) is 0 Å². The van der Waals surface area contributed by atoms with Gasteiger partial charge in [-0.2, -0.15) is 0 Å². The van der Waals surface area contributed by atoms with E-state index < -0.39 is 0 Å². The van der Waals surface area contributed by atoms with Crippen molar-refractivity contribution in [3.8, 4) is 0 Å². The van der Waals surface area contributed by atoms with Gasteiger partial charge in [-0.1, -0.05) is 13.8 Å². The second kappa shape index (κ2) is 4.83. The van der Waals surface area contributed by atoms with Crippen LogP contribution in [0.3, 0.4) is 0 Å². The van der Waals surface area contributed by atoms with Crippen LogP contribution >= 0.6 is 0 Å². The maximum atomic E-state index is 2.60. The van der Waals surface area contributed by atoms with Gasteiger partial charge in [0.2, 0.25) is 0 Å². The predicted molar refractivity (Wildman–Crippen MR) is 53.4 cm³/mol. The molecular formula is C10H22N2. The third-order valence-electron chi connectivity index (χ3n) is 3.07. The summed E-state index contributed by atoms with van der Waals surface area (Å²) in [5.41, 5.74) is 0. The van der Waals surface area contributed by atoms with Gasteiger partial charge in [0.05, 0.1) is 0 Å². The zero-order chi connectivity index (χ0) is 8.97. The summed E-state index contributed by atoms with van der Waals surface area (Å²) in [4.78, 5) is 5.13. The van der Waals surface area contributed by atoms with Crippen molar-refractivity contribution in [1.29, 1.82) is 0 Å². The van der Waals surface area contributed by atoms with Gasteiger partial charge in [-0.3, -0.25) is 4.90 Å². The molecule has 72 valence electrons. The SMILES string of the molecule is CCC(C)N1CCN(CC)CC1. The summed E-state index contributed by atoms with van der Waals surface area (Å²) in [7, 11) is 0. The van der Waals surface area contributed by atoms with Crippen molar-refractivity contribution in [3.63, 3.8) is 0 Å². The number of likely N-dealkylation sites (N-methyl/N-ethyl adjacent to an activating group) is 1. The second-order valence-electron chi connectivity index (χ2n) is 3.73. The van der Waals surface area contributed by atoms with Crippen LogP contribution in [0.4, 0.5) is 0 Å². The molecule has 1 atom stereocenters. The lowest BCUT2D eigenvalue weighted by Gasteiger charge is -2.37. The average molecular weight is 170 g/mol.